The summed E-state index contributed by atoms with van der Waals surface area (Å²) in [5, 5.41) is 9.81. The van der Waals surface area contributed by atoms with Crippen LogP contribution in [0.1, 0.15) is 110 Å². The molecular weight excluding hydrogens is 493 g/mol. The van der Waals surface area contributed by atoms with Gasteiger partial charge in [0, 0.05) is 6.42 Å². The molecule has 0 aliphatic carbocycles. The Morgan fingerprint density at radius 1 is 0.838 bits per heavy atom. The van der Waals surface area contributed by atoms with Crippen molar-refractivity contribution in [1.82, 2.24) is 0 Å². The molecule has 0 saturated heterocycles. The minimum atomic E-state index is -4.49. The first kappa shape index (κ1) is 36.2. The minimum absolute atomic E-state index is 0.00788. The highest BCUT2D eigenvalue weighted by molar-refractivity contribution is 7.45. The van der Waals surface area contributed by atoms with Crippen LogP contribution in [0.15, 0.2) is 12.2 Å². The van der Waals surface area contributed by atoms with Crippen molar-refractivity contribution in [2.24, 2.45) is 0 Å². The van der Waals surface area contributed by atoms with Gasteiger partial charge in [-0.05, 0) is 32.1 Å². The Balaban J connectivity index is 3.54. The molecule has 0 fully saturated rings. The highest BCUT2D eigenvalue weighted by atomic mass is 31.2. The topological polar surface area (TPSA) is 105 Å². The number of unbranched alkanes of at least 4 members (excludes halogenated alkanes) is 13. The summed E-state index contributed by atoms with van der Waals surface area (Å²) in [5.74, 6) is -0.392. The van der Waals surface area contributed by atoms with Gasteiger partial charge in [-0.1, -0.05) is 83.3 Å². The second kappa shape index (κ2) is 23.2. The van der Waals surface area contributed by atoms with E-state index in [2.05, 4.69) is 23.6 Å². The van der Waals surface area contributed by atoms with Gasteiger partial charge in [-0.3, -0.25) is 9.36 Å². The monoisotopic (exact) mass is 549 g/mol. The second-order valence-electron chi connectivity index (χ2n) is 11.0. The SMILES string of the molecule is CCCCCCCC/C=C/CCCCCCCCCC(=O)OC[C@@H](O)COP(=O)([O-])OCC[N+](C)(C)C. The lowest BCUT2D eigenvalue weighted by molar-refractivity contribution is -0.870. The molecule has 8 nitrogen and oxygen atoms in total. The van der Waals surface area contributed by atoms with E-state index in [0.717, 1.165) is 19.3 Å². The number of esters is 1. The number of aliphatic hydroxyl groups excluding tert-OH is 1. The Morgan fingerprint density at radius 2 is 1.35 bits per heavy atom. The molecule has 1 unspecified atom stereocenters. The van der Waals surface area contributed by atoms with Crippen molar-refractivity contribution < 1.29 is 37.6 Å². The third-order valence-electron chi connectivity index (χ3n) is 6.02. The van der Waals surface area contributed by atoms with Crippen LogP contribution in [0.3, 0.4) is 0 Å². The van der Waals surface area contributed by atoms with Gasteiger partial charge in [0.2, 0.25) is 0 Å². The van der Waals surface area contributed by atoms with E-state index in [1.165, 1.54) is 77.0 Å². The van der Waals surface area contributed by atoms with E-state index in [1.54, 1.807) is 0 Å². The lowest BCUT2D eigenvalue weighted by atomic mass is 10.1. The third-order valence-corrected chi connectivity index (χ3v) is 6.98. The number of aliphatic hydroxyl groups is 1. The second-order valence-corrected chi connectivity index (χ2v) is 12.4. The number of phosphoric ester groups is 1. The molecule has 0 radical (unpaired) electrons. The smallest absolute Gasteiger partial charge is 0.305 e. The van der Waals surface area contributed by atoms with Crippen LogP contribution in [-0.4, -0.2) is 69.2 Å². The Kier molecular flexibility index (Phi) is 22.7. The quantitative estimate of drug-likeness (QED) is 0.0470. The normalized spacial score (nSPS) is 14.6. The van der Waals surface area contributed by atoms with Crippen molar-refractivity contribution in [1.29, 1.82) is 0 Å². The van der Waals surface area contributed by atoms with E-state index in [0.29, 0.717) is 17.4 Å². The van der Waals surface area contributed by atoms with Gasteiger partial charge in [-0.25, -0.2) is 0 Å². The van der Waals surface area contributed by atoms with Gasteiger partial charge >= 0.3 is 5.97 Å². The summed E-state index contributed by atoms with van der Waals surface area (Å²) in [4.78, 5) is 23.5. The van der Waals surface area contributed by atoms with Crippen LogP contribution in [0.4, 0.5) is 0 Å². The van der Waals surface area contributed by atoms with Crippen LogP contribution in [0.2, 0.25) is 0 Å². The minimum Gasteiger partial charge on any atom is -0.756 e. The summed E-state index contributed by atoms with van der Waals surface area (Å²) in [5.41, 5.74) is 0. The molecule has 0 aromatic carbocycles. The van der Waals surface area contributed by atoms with Gasteiger partial charge in [0.15, 0.2) is 0 Å². The summed E-state index contributed by atoms with van der Waals surface area (Å²) in [6, 6.07) is 0. The number of likely N-dealkylation sites (N-methyl/N-ethyl adjacent to an activating group) is 1. The van der Waals surface area contributed by atoms with Crippen LogP contribution in [-0.2, 0) is 23.1 Å². The van der Waals surface area contributed by atoms with Gasteiger partial charge in [-0.15, -0.1) is 0 Å². The summed E-state index contributed by atoms with van der Waals surface area (Å²) < 4.78 is 26.7. The first-order chi connectivity index (χ1) is 17.6. The van der Waals surface area contributed by atoms with E-state index < -0.39 is 26.5 Å². The molecule has 0 aliphatic rings. The van der Waals surface area contributed by atoms with Crippen LogP contribution >= 0.6 is 7.82 Å². The predicted molar refractivity (Wildman–Crippen MR) is 148 cm³/mol. The molecule has 2 atom stereocenters. The van der Waals surface area contributed by atoms with Gasteiger partial charge in [0.05, 0.1) is 27.7 Å². The first-order valence-corrected chi connectivity index (χ1v) is 15.9. The maximum absolute atomic E-state index is 11.8. The number of nitrogens with zero attached hydrogens (tertiary/aromatic N) is 1. The number of carbonyl (C=O) groups is 1. The van der Waals surface area contributed by atoms with Gasteiger partial charge in [0.25, 0.3) is 7.82 Å². The van der Waals surface area contributed by atoms with Crippen molar-refractivity contribution in [2.45, 2.75) is 116 Å². The Labute approximate surface area is 227 Å². The number of hydrogen-bond donors (Lipinski definition) is 1. The molecule has 0 aromatic rings. The van der Waals surface area contributed by atoms with E-state index in [-0.39, 0.29) is 13.2 Å². The molecule has 37 heavy (non-hydrogen) atoms. The summed E-state index contributed by atoms with van der Waals surface area (Å²) in [7, 11) is 1.25. The predicted octanol–water partition coefficient (Wildman–Crippen LogP) is 5.92. The Bertz CT molecular complexity index is 622. The number of ether oxygens (including phenoxy) is 1. The highest BCUT2D eigenvalue weighted by Crippen LogP contribution is 2.38. The van der Waals surface area contributed by atoms with Gasteiger partial charge < -0.3 is 28.3 Å². The van der Waals surface area contributed by atoms with Crippen molar-refractivity contribution >= 4 is 13.8 Å². The molecular formula is C28H56NO7P. The molecule has 0 bridgehead atoms. The highest BCUT2D eigenvalue weighted by Gasteiger charge is 2.16. The zero-order valence-electron chi connectivity index (χ0n) is 24.2. The number of hydrogen-bond acceptors (Lipinski definition) is 7. The van der Waals surface area contributed by atoms with Crippen LogP contribution < -0.4 is 4.89 Å². The average molecular weight is 550 g/mol. The molecule has 0 aromatic heterocycles. The van der Waals surface area contributed by atoms with Crippen molar-refractivity contribution in [3.8, 4) is 0 Å². The van der Waals surface area contributed by atoms with Crippen LogP contribution in [0.25, 0.3) is 0 Å². The summed E-state index contributed by atoms with van der Waals surface area (Å²) in [6.07, 6.45) is 22.0. The van der Waals surface area contributed by atoms with Crippen molar-refractivity contribution in [3.63, 3.8) is 0 Å². The number of carbonyl (C=O) groups excluding carboxylic acids is 1. The van der Waals surface area contributed by atoms with E-state index in [4.69, 9.17) is 9.26 Å². The molecule has 0 amide bonds. The fraction of sp³-hybridized carbons (Fsp3) is 0.893. The maximum Gasteiger partial charge on any atom is 0.305 e. The fourth-order valence-electron chi connectivity index (χ4n) is 3.64. The van der Waals surface area contributed by atoms with Gasteiger partial charge in [0.1, 0.15) is 25.9 Å². The molecule has 1 N–H and O–H groups in total. The molecule has 9 heteroatoms. The third kappa shape index (κ3) is 28.1. The molecule has 0 saturated carbocycles. The van der Waals surface area contributed by atoms with Crippen molar-refractivity contribution in [2.75, 3.05) is 47.5 Å². The Morgan fingerprint density at radius 3 is 1.89 bits per heavy atom. The first-order valence-electron chi connectivity index (χ1n) is 14.4. The van der Waals surface area contributed by atoms with Crippen LogP contribution in [0, 0.1) is 0 Å². The number of quaternary nitrogens is 1. The molecule has 0 heterocycles. The molecule has 0 spiro atoms. The zero-order valence-corrected chi connectivity index (χ0v) is 25.1. The van der Waals surface area contributed by atoms with Gasteiger partial charge in [-0.2, -0.15) is 0 Å². The molecule has 220 valence electrons. The lowest BCUT2D eigenvalue weighted by Gasteiger charge is -2.27. The standard InChI is InChI=1S/C28H56NO7P/c1-5-6-7-8-9-10-11-12-13-14-15-16-17-18-19-20-21-22-28(31)34-25-27(30)26-36-37(32,33)35-24-23-29(2,3)4/h12-13,27,30H,5-11,14-26H2,1-4H3/b13-12+/t27-/m1/s1. The maximum atomic E-state index is 11.8. The fourth-order valence-corrected chi connectivity index (χ4v) is 4.38. The van der Waals surface area contributed by atoms with Crippen molar-refractivity contribution in [3.05, 3.63) is 12.2 Å². The van der Waals surface area contributed by atoms with E-state index in [9.17, 15) is 19.4 Å². The Hall–Kier alpha value is -0.760. The van der Waals surface area contributed by atoms with Crippen LogP contribution in [0.5, 0.6) is 0 Å². The summed E-state index contributed by atoms with van der Waals surface area (Å²) in [6.45, 7) is 1.93. The molecule has 0 aliphatic heterocycles. The summed E-state index contributed by atoms with van der Waals surface area (Å²) >= 11 is 0. The number of allylic oxidation sites excluding steroid dienone is 2. The number of rotatable bonds is 26. The zero-order chi connectivity index (χ0) is 27.8. The van der Waals surface area contributed by atoms with E-state index in [1.807, 2.05) is 21.1 Å². The lowest BCUT2D eigenvalue weighted by Crippen LogP contribution is -2.37. The molecule has 0 rings (SSSR count). The largest absolute Gasteiger partial charge is 0.756 e. The number of phosphoric acid groups is 1. The average Bonchev–Trinajstić information content (AvgIpc) is 2.82. The van der Waals surface area contributed by atoms with E-state index >= 15 is 0 Å².